The van der Waals surface area contributed by atoms with Crippen molar-refractivity contribution in [1.82, 2.24) is 0 Å². The molecule has 0 aliphatic carbocycles. The van der Waals surface area contributed by atoms with Crippen molar-refractivity contribution in [3.05, 3.63) is 35.4 Å². The Kier molecular flexibility index (Phi) is 6.08. The van der Waals surface area contributed by atoms with Gasteiger partial charge in [-0.2, -0.15) is 5.26 Å². The van der Waals surface area contributed by atoms with Crippen LogP contribution in [0, 0.1) is 17.2 Å². The number of ether oxygens (including phenoxy) is 1. The Morgan fingerprint density at radius 3 is 2.42 bits per heavy atom. The van der Waals surface area contributed by atoms with Crippen molar-refractivity contribution < 1.29 is 9.53 Å². The Morgan fingerprint density at radius 1 is 1.32 bits per heavy atom. The average Bonchev–Trinajstić information content (AvgIpc) is 2.42. The van der Waals surface area contributed by atoms with Gasteiger partial charge in [-0.15, -0.1) is 0 Å². The summed E-state index contributed by atoms with van der Waals surface area (Å²) in [6.07, 6.45) is 1.28. The van der Waals surface area contributed by atoms with E-state index in [4.69, 9.17) is 10.00 Å². The third kappa shape index (κ3) is 5.13. The molecule has 0 amide bonds. The first kappa shape index (κ1) is 15.2. The van der Waals surface area contributed by atoms with Crippen LogP contribution in [0.5, 0.6) is 0 Å². The van der Waals surface area contributed by atoms with Crippen LogP contribution in [0.1, 0.15) is 50.7 Å². The van der Waals surface area contributed by atoms with Gasteiger partial charge in [0.1, 0.15) is 0 Å². The second kappa shape index (κ2) is 7.58. The maximum Gasteiger partial charge on any atom is 0.306 e. The van der Waals surface area contributed by atoms with E-state index in [1.165, 1.54) is 0 Å². The van der Waals surface area contributed by atoms with Crippen molar-refractivity contribution in [2.45, 2.75) is 39.5 Å². The Bertz CT molecular complexity index is 443. The van der Waals surface area contributed by atoms with Gasteiger partial charge in [0.25, 0.3) is 0 Å². The van der Waals surface area contributed by atoms with E-state index in [-0.39, 0.29) is 11.9 Å². The summed E-state index contributed by atoms with van der Waals surface area (Å²) in [5.74, 6) is 0.372. The highest BCUT2D eigenvalue weighted by molar-refractivity contribution is 5.70. The van der Waals surface area contributed by atoms with E-state index in [1.54, 1.807) is 12.1 Å². The SMILES string of the molecule is CCC(CC(=O)OCC(C)C)c1ccc(C#N)cc1. The van der Waals surface area contributed by atoms with Crippen molar-refractivity contribution in [1.29, 1.82) is 5.26 Å². The molecule has 0 saturated carbocycles. The molecule has 1 unspecified atom stereocenters. The second-order valence-electron chi connectivity index (χ2n) is 5.12. The number of rotatable bonds is 6. The monoisotopic (exact) mass is 259 g/mol. The number of esters is 1. The average molecular weight is 259 g/mol. The summed E-state index contributed by atoms with van der Waals surface area (Å²) >= 11 is 0. The molecule has 3 nitrogen and oxygen atoms in total. The third-order valence-corrected chi connectivity index (χ3v) is 2.99. The van der Waals surface area contributed by atoms with Gasteiger partial charge in [0.15, 0.2) is 0 Å². The minimum Gasteiger partial charge on any atom is -0.465 e. The molecule has 0 N–H and O–H groups in total. The zero-order valence-electron chi connectivity index (χ0n) is 11.8. The largest absolute Gasteiger partial charge is 0.465 e. The van der Waals surface area contributed by atoms with Gasteiger partial charge in [-0.05, 0) is 36.0 Å². The fourth-order valence-corrected chi connectivity index (χ4v) is 1.85. The minimum absolute atomic E-state index is 0.148. The summed E-state index contributed by atoms with van der Waals surface area (Å²) in [6, 6.07) is 9.51. The van der Waals surface area contributed by atoms with Crippen LogP contribution in [0.3, 0.4) is 0 Å². The molecule has 1 rings (SSSR count). The third-order valence-electron chi connectivity index (χ3n) is 2.99. The molecule has 1 atom stereocenters. The van der Waals surface area contributed by atoms with E-state index in [9.17, 15) is 4.79 Å². The van der Waals surface area contributed by atoms with Gasteiger partial charge in [-0.3, -0.25) is 4.79 Å². The smallest absolute Gasteiger partial charge is 0.306 e. The van der Waals surface area contributed by atoms with Gasteiger partial charge in [0, 0.05) is 0 Å². The first-order chi connectivity index (χ1) is 9.06. The maximum atomic E-state index is 11.7. The number of nitriles is 1. The lowest BCUT2D eigenvalue weighted by Crippen LogP contribution is -2.13. The molecule has 0 heterocycles. The summed E-state index contributed by atoms with van der Waals surface area (Å²) in [5, 5.41) is 8.77. The lowest BCUT2D eigenvalue weighted by Gasteiger charge is -2.15. The van der Waals surface area contributed by atoms with Gasteiger partial charge in [-0.1, -0.05) is 32.9 Å². The standard InChI is InChI=1S/C16H21NO2/c1-4-14(9-16(18)19-11-12(2)3)15-7-5-13(10-17)6-8-15/h5-8,12,14H,4,9,11H2,1-3H3. The van der Waals surface area contributed by atoms with Crippen LogP contribution < -0.4 is 0 Å². The summed E-state index contributed by atoms with van der Waals surface area (Å²) in [5.41, 5.74) is 1.73. The topological polar surface area (TPSA) is 50.1 Å². The predicted molar refractivity (Wildman–Crippen MR) is 74.6 cm³/mol. The van der Waals surface area contributed by atoms with Crippen LogP contribution in [0.25, 0.3) is 0 Å². The lowest BCUT2D eigenvalue weighted by molar-refractivity contribution is -0.145. The van der Waals surface area contributed by atoms with Crippen LogP contribution in [-0.4, -0.2) is 12.6 Å². The number of nitrogens with zero attached hydrogens (tertiary/aromatic N) is 1. The molecule has 0 aromatic heterocycles. The van der Waals surface area contributed by atoms with Crippen molar-refractivity contribution >= 4 is 5.97 Å². The number of hydrogen-bond donors (Lipinski definition) is 0. The zero-order valence-corrected chi connectivity index (χ0v) is 11.8. The molecule has 0 bridgehead atoms. The molecule has 0 aliphatic rings. The molecule has 1 aromatic rings. The number of carbonyl (C=O) groups is 1. The lowest BCUT2D eigenvalue weighted by atomic mass is 9.93. The Hall–Kier alpha value is -1.82. The summed E-state index contributed by atoms with van der Waals surface area (Å²) in [4.78, 5) is 11.7. The molecule has 102 valence electrons. The van der Waals surface area contributed by atoms with Gasteiger partial charge >= 0.3 is 5.97 Å². The zero-order chi connectivity index (χ0) is 14.3. The maximum absolute atomic E-state index is 11.7. The first-order valence-electron chi connectivity index (χ1n) is 6.72. The molecule has 0 saturated heterocycles. The van der Waals surface area contributed by atoms with Crippen molar-refractivity contribution in [3.8, 4) is 6.07 Å². The highest BCUT2D eigenvalue weighted by atomic mass is 16.5. The molecular weight excluding hydrogens is 238 g/mol. The van der Waals surface area contributed by atoms with Gasteiger partial charge in [0.2, 0.25) is 0 Å². The van der Waals surface area contributed by atoms with E-state index in [1.807, 2.05) is 26.0 Å². The molecule has 0 spiro atoms. The highest BCUT2D eigenvalue weighted by Crippen LogP contribution is 2.24. The van der Waals surface area contributed by atoms with Crippen LogP contribution in [0.2, 0.25) is 0 Å². The number of hydrogen-bond acceptors (Lipinski definition) is 3. The van der Waals surface area contributed by atoms with Crippen LogP contribution in [-0.2, 0) is 9.53 Å². The molecule has 0 radical (unpaired) electrons. The Morgan fingerprint density at radius 2 is 1.95 bits per heavy atom. The van der Waals surface area contributed by atoms with Gasteiger partial charge in [0.05, 0.1) is 24.7 Å². The van der Waals surface area contributed by atoms with E-state index >= 15 is 0 Å². The van der Waals surface area contributed by atoms with E-state index in [2.05, 4.69) is 13.0 Å². The van der Waals surface area contributed by atoms with Crippen molar-refractivity contribution in [2.24, 2.45) is 5.92 Å². The Labute approximate surface area is 115 Å². The normalized spacial score (nSPS) is 11.9. The van der Waals surface area contributed by atoms with Crippen LogP contribution in [0.4, 0.5) is 0 Å². The molecule has 0 aliphatic heterocycles. The fourth-order valence-electron chi connectivity index (χ4n) is 1.85. The fraction of sp³-hybridized carbons (Fsp3) is 0.500. The molecule has 1 aromatic carbocycles. The Balaban J connectivity index is 2.62. The molecule has 19 heavy (non-hydrogen) atoms. The van der Waals surface area contributed by atoms with E-state index in [0.29, 0.717) is 24.5 Å². The summed E-state index contributed by atoms with van der Waals surface area (Å²) in [6.45, 7) is 6.57. The molecular formula is C16H21NO2. The van der Waals surface area contributed by atoms with Crippen molar-refractivity contribution in [2.75, 3.05) is 6.61 Å². The molecule has 0 fully saturated rings. The summed E-state index contributed by atoms with van der Waals surface area (Å²) < 4.78 is 5.21. The minimum atomic E-state index is -0.148. The predicted octanol–water partition coefficient (Wildman–Crippen LogP) is 3.64. The van der Waals surface area contributed by atoms with Gasteiger partial charge < -0.3 is 4.74 Å². The van der Waals surface area contributed by atoms with E-state index < -0.39 is 0 Å². The van der Waals surface area contributed by atoms with Crippen LogP contribution >= 0.6 is 0 Å². The van der Waals surface area contributed by atoms with Gasteiger partial charge in [-0.25, -0.2) is 0 Å². The quantitative estimate of drug-likeness (QED) is 0.733. The highest BCUT2D eigenvalue weighted by Gasteiger charge is 2.15. The van der Waals surface area contributed by atoms with Crippen LogP contribution in [0.15, 0.2) is 24.3 Å². The summed E-state index contributed by atoms with van der Waals surface area (Å²) in [7, 11) is 0. The first-order valence-corrected chi connectivity index (χ1v) is 6.72. The van der Waals surface area contributed by atoms with Crippen molar-refractivity contribution in [3.63, 3.8) is 0 Å². The second-order valence-corrected chi connectivity index (χ2v) is 5.12. The van der Waals surface area contributed by atoms with E-state index in [0.717, 1.165) is 12.0 Å². The molecule has 3 heteroatoms. The number of carbonyl (C=O) groups excluding carboxylic acids is 1. The number of benzene rings is 1.